The molecule has 1 aromatic rings. The Morgan fingerprint density at radius 1 is 1.11 bits per heavy atom. The first-order chi connectivity index (χ1) is 13.4. The number of hydrogen-bond donors (Lipinski definition) is 2. The van der Waals surface area contributed by atoms with E-state index in [9.17, 15) is 24.2 Å². The summed E-state index contributed by atoms with van der Waals surface area (Å²) < 4.78 is 14.3. The molecule has 3 aliphatic rings. The molecule has 1 unspecified atom stereocenters. The topological polar surface area (TPSA) is 81.1 Å². The summed E-state index contributed by atoms with van der Waals surface area (Å²) in [5.74, 6) is -1.42. The Balaban J connectivity index is 1.61. The van der Waals surface area contributed by atoms with Crippen LogP contribution in [0, 0.1) is 5.82 Å². The highest BCUT2D eigenvalue weighted by molar-refractivity contribution is 6.00. The molecule has 1 saturated carbocycles. The van der Waals surface area contributed by atoms with Crippen molar-refractivity contribution < 1.29 is 24.2 Å². The lowest BCUT2D eigenvalue weighted by Crippen LogP contribution is -2.63. The van der Waals surface area contributed by atoms with Gasteiger partial charge in [0.1, 0.15) is 17.1 Å². The molecule has 0 radical (unpaired) electrons. The molecule has 7 heteroatoms. The van der Waals surface area contributed by atoms with Crippen LogP contribution < -0.4 is 0 Å². The smallest absolute Gasteiger partial charge is 0.257 e. The van der Waals surface area contributed by atoms with Gasteiger partial charge in [-0.15, -0.1) is 0 Å². The van der Waals surface area contributed by atoms with Crippen LogP contribution in [0.3, 0.4) is 0 Å². The monoisotopic (exact) mass is 390 g/mol. The van der Waals surface area contributed by atoms with E-state index in [4.69, 9.17) is 0 Å². The normalized spacial score (nSPS) is 30.9. The zero-order valence-corrected chi connectivity index (χ0v) is 15.9. The molecular formula is C21H27FN2O4. The van der Waals surface area contributed by atoms with Gasteiger partial charge in [0.05, 0.1) is 11.7 Å². The second-order valence-electron chi connectivity index (χ2n) is 8.32. The minimum Gasteiger partial charge on any atom is -0.508 e. The summed E-state index contributed by atoms with van der Waals surface area (Å²) in [6, 6.07) is 3.52. The number of halogens is 1. The summed E-state index contributed by atoms with van der Waals surface area (Å²) in [4.78, 5) is 30.1. The Morgan fingerprint density at radius 2 is 1.79 bits per heavy atom. The lowest BCUT2D eigenvalue weighted by atomic mass is 9.82. The van der Waals surface area contributed by atoms with Crippen molar-refractivity contribution >= 4 is 11.8 Å². The second-order valence-corrected chi connectivity index (χ2v) is 8.32. The van der Waals surface area contributed by atoms with Gasteiger partial charge in [-0.2, -0.15) is 0 Å². The summed E-state index contributed by atoms with van der Waals surface area (Å²) in [7, 11) is 0. The predicted molar refractivity (Wildman–Crippen MR) is 100 cm³/mol. The second kappa shape index (κ2) is 7.35. The highest BCUT2D eigenvalue weighted by Gasteiger charge is 2.54. The zero-order chi connectivity index (χ0) is 19.9. The molecule has 1 aromatic carbocycles. The van der Waals surface area contributed by atoms with Gasteiger partial charge in [-0.3, -0.25) is 9.59 Å². The third kappa shape index (κ3) is 3.15. The number of nitrogens with zero attached hydrogens (tertiary/aromatic N) is 2. The molecule has 2 N–H and O–H groups in total. The summed E-state index contributed by atoms with van der Waals surface area (Å²) in [6.07, 6.45) is 5.33. The molecule has 6 nitrogen and oxygen atoms in total. The number of benzene rings is 1. The number of carbonyl (C=O) groups excluding carboxylic acids is 2. The number of aliphatic hydroxyl groups excluding tert-OH is 1. The van der Waals surface area contributed by atoms with Gasteiger partial charge >= 0.3 is 0 Å². The number of hydrogen-bond acceptors (Lipinski definition) is 4. The van der Waals surface area contributed by atoms with Gasteiger partial charge in [0.15, 0.2) is 0 Å². The van der Waals surface area contributed by atoms with Crippen molar-refractivity contribution in [3.8, 4) is 5.75 Å². The van der Waals surface area contributed by atoms with Gasteiger partial charge < -0.3 is 20.0 Å². The number of phenols is 1. The molecule has 1 spiro atoms. The SMILES string of the molecule is O=C(c1cc(O)ccc1F)N1CCCC12CCCN(C1CCC(O)CC1)C2=O. The molecule has 152 valence electrons. The maximum absolute atomic E-state index is 14.3. The number of amides is 2. The molecule has 2 aliphatic heterocycles. The van der Waals surface area contributed by atoms with Gasteiger partial charge in [0.25, 0.3) is 5.91 Å². The molecular weight excluding hydrogens is 363 g/mol. The fourth-order valence-corrected chi connectivity index (χ4v) is 5.22. The van der Waals surface area contributed by atoms with E-state index in [2.05, 4.69) is 0 Å². The Morgan fingerprint density at radius 3 is 2.50 bits per heavy atom. The van der Waals surface area contributed by atoms with Crippen LogP contribution >= 0.6 is 0 Å². The van der Waals surface area contributed by atoms with Crippen molar-refractivity contribution in [2.75, 3.05) is 13.1 Å². The van der Waals surface area contributed by atoms with Crippen molar-refractivity contribution in [2.45, 2.75) is 69.1 Å². The fraction of sp³-hybridized carbons (Fsp3) is 0.619. The molecule has 2 heterocycles. The van der Waals surface area contributed by atoms with Crippen LogP contribution in [-0.2, 0) is 4.79 Å². The van der Waals surface area contributed by atoms with Gasteiger partial charge in [-0.1, -0.05) is 0 Å². The van der Waals surface area contributed by atoms with Gasteiger partial charge in [-0.05, 0) is 69.6 Å². The van der Waals surface area contributed by atoms with E-state index >= 15 is 0 Å². The fourth-order valence-electron chi connectivity index (χ4n) is 5.22. The van der Waals surface area contributed by atoms with Crippen LogP contribution in [0.25, 0.3) is 0 Å². The maximum Gasteiger partial charge on any atom is 0.257 e. The molecule has 1 aliphatic carbocycles. The van der Waals surface area contributed by atoms with E-state index in [1.165, 1.54) is 11.0 Å². The highest BCUT2D eigenvalue weighted by Crippen LogP contribution is 2.41. The third-order valence-corrected chi connectivity index (χ3v) is 6.67. The Hall–Kier alpha value is -2.15. The predicted octanol–water partition coefficient (Wildman–Crippen LogP) is 2.43. The third-order valence-electron chi connectivity index (χ3n) is 6.67. The Labute approximate surface area is 163 Å². The van der Waals surface area contributed by atoms with Crippen molar-refractivity contribution in [3.63, 3.8) is 0 Å². The number of phenolic OH excluding ortho intramolecular Hbond substituents is 1. The molecule has 1 atom stereocenters. The van der Waals surface area contributed by atoms with Crippen molar-refractivity contribution in [1.29, 1.82) is 0 Å². The van der Waals surface area contributed by atoms with Crippen LogP contribution in [0.1, 0.15) is 61.7 Å². The van der Waals surface area contributed by atoms with Crippen molar-refractivity contribution in [2.24, 2.45) is 0 Å². The summed E-state index contributed by atoms with van der Waals surface area (Å²) in [5.41, 5.74) is -1.10. The zero-order valence-electron chi connectivity index (χ0n) is 15.9. The minimum atomic E-state index is -0.913. The molecule has 0 bridgehead atoms. The Kier molecular flexibility index (Phi) is 5.04. The number of aliphatic hydroxyl groups is 1. The van der Waals surface area contributed by atoms with E-state index in [0.717, 1.165) is 31.4 Å². The van der Waals surface area contributed by atoms with Crippen molar-refractivity contribution in [1.82, 2.24) is 9.80 Å². The average Bonchev–Trinajstić information content (AvgIpc) is 3.11. The summed E-state index contributed by atoms with van der Waals surface area (Å²) in [6.45, 7) is 1.08. The summed E-state index contributed by atoms with van der Waals surface area (Å²) >= 11 is 0. The molecule has 0 aromatic heterocycles. The quantitative estimate of drug-likeness (QED) is 0.813. The van der Waals surface area contributed by atoms with Crippen LogP contribution in [0.15, 0.2) is 18.2 Å². The number of piperidine rings is 1. The van der Waals surface area contributed by atoms with Crippen LogP contribution in [0.2, 0.25) is 0 Å². The minimum absolute atomic E-state index is 0.0356. The van der Waals surface area contributed by atoms with Crippen LogP contribution in [0.4, 0.5) is 4.39 Å². The van der Waals surface area contributed by atoms with E-state index in [1.54, 1.807) is 0 Å². The van der Waals surface area contributed by atoms with Gasteiger partial charge in [-0.25, -0.2) is 4.39 Å². The first-order valence-corrected chi connectivity index (χ1v) is 10.2. The van der Waals surface area contributed by atoms with E-state index in [1.807, 2.05) is 4.90 Å². The first kappa shape index (κ1) is 19.2. The lowest BCUT2D eigenvalue weighted by molar-refractivity contribution is -0.149. The molecule has 2 saturated heterocycles. The largest absolute Gasteiger partial charge is 0.508 e. The Bertz CT molecular complexity index is 778. The van der Waals surface area contributed by atoms with Crippen LogP contribution in [0.5, 0.6) is 5.75 Å². The van der Waals surface area contributed by atoms with Gasteiger partial charge in [0.2, 0.25) is 5.91 Å². The molecule has 3 fully saturated rings. The molecule has 2 amide bonds. The maximum atomic E-state index is 14.3. The van der Waals surface area contributed by atoms with E-state index in [-0.39, 0.29) is 29.4 Å². The van der Waals surface area contributed by atoms with E-state index in [0.29, 0.717) is 45.2 Å². The summed E-state index contributed by atoms with van der Waals surface area (Å²) in [5, 5.41) is 19.5. The first-order valence-electron chi connectivity index (χ1n) is 10.2. The highest BCUT2D eigenvalue weighted by atomic mass is 19.1. The van der Waals surface area contributed by atoms with Crippen molar-refractivity contribution in [3.05, 3.63) is 29.6 Å². The van der Waals surface area contributed by atoms with Gasteiger partial charge in [0, 0.05) is 19.1 Å². The van der Waals surface area contributed by atoms with E-state index < -0.39 is 17.3 Å². The average molecular weight is 390 g/mol. The number of rotatable bonds is 2. The lowest BCUT2D eigenvalue weighted by Gasteiger charge is -2.48. The molecule has 28 heavy (non-hydrogen) atoms. The standard InChI is InChI=1S/C21H27FN2O4/c22-18-8-7-16(26)13-17(18)19(27)24-12-2-10-21(24)9-1-11-23(20(21)28)14-3-5-15(25)6-4-14/h7-8,13-15,25-26H,1-6,9-12H2. The molecule has 4 rings (SSSR count). The number of likely N-dealkylation sites (tertiary alicyclic amines) is 2. The number of aromatic hydroxyl groups is 1. The number of carbonyl (C=O) groups is 2. The van der Waals surface area contributed by atoms with Crippen LogP contribution in [-0.4, -0.2) is 62.6 Å².